The zero-order valence-corrected chi connectivity index (χ0v) is 23.1. The molecule has 4 N–H and O–H groups in total. The van der Waals surface area contributed by atoms with Crippen LogP contribution in [0.1, 0.15) is 70.2 Å². The zero-order chi connectivity index (χ0) is 27.3. The number of hydrogen-bond donors (Lipinski definition) is 4. The molecule has 0 unspecified atom stereocenters. The van der Waals surface area contributed by atoms with Gasteiger partial charge in [0.1, 0.15) is 11.4 Å². The molecule has 2 saturated carbocycles. The lowest BCUT2D eigenvalue weighted by Crippen LogP contribution is -2.40. The van der Waals surface area contributed by atoms with Crippen molar-refractivity contribution in [2.45, 2.75) is 77.4 Å². The Hall–Kier alpha value is -3.71. The van der Waals surface area contributed by atoms with Crippen LogP contribution in [0.4, 0.5) is 17.2 Å². The fraction of sp³-hybridized carbons (Fsp3) is 0.464. The molecule has 1 aromatic carbocycles. The molecular formula is C28H35N7O2S. The number of nitrogens with zero attached hydrogens (tertiary/aromatic N) is 3. The van der Waals surface area contributed by atoms with Gasteiger partial charge in [-0.25, -0.2) is 9.97 Å². The molecule has 2 atom stereocenters. The van der Waals surface area contributed by atoms with Gasteiger partial charge >= 0.3 is 0 Å². The Bertz CT molecular complexity index is 1340. The molecule has 2 aromatic heterocycles. The zero-order valence-electron chi connectivity index (χ0n) is 22.3. The molecule has 38 heavy (non-hydrogen) atoms. The van der Waals surface area contributed by atoms with E-state index in [0.29, 0.717) is 42.8 Å². The molecule has 2 aliphatic carbocycles. The Morgan fingerprint density at radius 1 is 1.16 bits per heavy atom. The van der Waals surface area contributed by atoms with Gasteiger partial charge in [-0.1, -0.05) is 13.8 Å². The van der Waals surface area contributed by atoms with E-state index < -0.39 is 5.54 Å². The molecule has 2 heterocycles. The minimum Gasteiger partial charge on any atom is -0.382 e. The predicted octanol–water partition coefficient (Wildman–Crippen LogP) is 5.35. The average molecular weight is 534 g/mol. The van der Waals surface area contributed by atoms with E-state index in [4.69, 9.17) is 0 Å². The summed E-state index contributed by atoms with van der Waals surface area (Å²) in [5.74, 6) is 0.143. The van der Waals surface area contributed by atoms with E-state index in [-0.39, 0.29) is 29.8 Å². The van der Waals surface area contributed by atoms with Gasteiger partial charge in [0.2, 0.25) is 5.91 Å². The molecule has 0 saturated heterocycles. The number of carbonyl (C=O) groups is 2. The summed E-state index contributed by atoms with van der Waals surface area (Å²) in [4.78, 5) is 34.6. The van der Waals surface area contributed by atoms with Gasteiger partial charge in [-0.15, -0.1) is 11.3 Å². The lowest BCUT2D eigenvalue weighted by molar-refractivity contribution is -0.125. The summed E-state index contributed by atoms with van der Waals surface area (Å²) in [7, 11) is 0. The molecule has 2 fully saturated rings. The van der Waals surface area contributed by atoms with Crippen molar-refractivity contribution in [1.29, 1.82) is 5.26 Å². The van der Waals surface area contributed by atoms with Gasteiger partial charge in [-0.3, -0.25) is 9.59 Å². The number of anilines is 3. The van der Waals surface area contributed by atoms with Crippen molar-refractivity contribution in [3.05, 3.63) is 41.5 Å². The molecule has 9 nitrogen and oxygen atoms in total. The van der Waals surface area contributed by atoms with Gasteiger partial charge in [-0.2, -0.15) is 5.26 Å². The third kappa shape index (κ3) is 6.40. The Morgan fingerprint density at radius 2 is 1.95 bits per heavy atom. The topological polar surface area (TPSA) is 132 Å². The highest BCUT2D eigenvalue weighted by atomic mass is 32.1. The lowest BCUT2D eigenvalue weighted by Gasteiger charge is -2.18. The van der Waals surface area contributed by atoms with Gasteiger partial charge in [-0.05, 0) is 64.2 Å². The fourth-order valence-electron chi connectivity index (χ4n) is 4.56. The Labute approximate surface area is 227 Å². The van der Waals surface area contributed by atoms with Crippen molar-refractivity contribution in [1.82, 2.24) is 20.6 Å². The minimum absolute atomic E-state index is 0.0819. The van der Waals surface area contributed by atoms with Crippen LogP contribution in [-0.4, -0.2) is 39.4 Å². The molecule has 0 bridgehead atoms. The molecule has 0 aliphatic heterocycles. The summed E-state index contributed by atoms with van der Waals surface area (Å²) < 4.78 is 1.08. The van der Waals surface area contributed by atoms with E-state index in [9.17, 15) is 14.9 Å². The third-order valence-electron chi connectivity index (χ3n) is 6.66. The van der Waals surface area contributed by atoms with Crippen LogP contribution in [0.3, 0.4) is 0 Å². The summed E-state index contributed by atoms with van der Waals surface area (Å²) >= 11 is 1.58. The molecule has 10 heteroatoms. The maximum absolute atomic E-state index is 13.2. The fourth-order valence-corrected chi connectivity index (χ4v) is 5.27. The van der Waals surface area contributed by atoms with Crippen molar-refractivity contribution in [3.63, 3.8) is 0 Å². The van der Waals surface area contributed by atoms with Gasteiger partial charge in [0.05, 0.1) is 33.0 Å². The summed E-state index contributed by atoms with van der Waals surface area (Å²) in [5.41, 5.74) is 4.16. The number of thiazole rings is 1. The number of pyridine rings is 1. The second-order valence-electron chi connectivity index (χ2n) is 9.94. The highest BCUT2D eigenvalue weighted by Crippen LogP contribution is 2.36. The first-order chi connectivity index (χ1) is 18.3. The van der Waals surface area contributed by atoms with E-state index in [1.54, 1.807) is 17.5 Å². The van der Waals surface area contributed by atoms with Gasteiger partial charge < -0.3 is 21.3 Å². The van der Waals surface area contributed by atoms with Crippen molar-refractivity contribution in [3.8, 4) is 6.07 Å². The number of carbonyl (C=O) groups excluding carboxylic acids is 2. The van der Waals surface area contributed by atoms with Crippen LogP contribution in [0.25, 0.3) is 10.2 Å². The van der Waals surface area contributed by atoms with E-state index >= 15 is 0 Å². The largest absolute Gasteiger partial charge is 0.382 e. The Kier molecular flexibility index (Phi) is 8.47. The number of aromatic nitrogens is 2. The van der Waals surface area contributed by atoms with Gasteiger partial charge in [0.15, 0.2) is 0 Å². The third-order valence-corrected chi connectivity index (χ3v) is 7.45. The van der Waals surface area contributed by atoms with E-state index in [1.165, 1.54) is 0 Å². The standard InChI is InChI=1S/C26H29N7O2S.C2H6/c1-15(2)30-21-11-23(31-18-5-6-20-22(10-18)36-14-29-20)28-12-19(21)25(35)32-17-4-3-16(9-17)24(34)33-26(13-27)7-8-26;1-2/h5-6,10-12,14-17H,3-4,7-9H2,1-2H3,(H,32,35)(H,33,34)(H2,28,30,31);1-2H3/t16-,17-;/m0./s1. The molecule has 5 rings (SSSR count). The normalized spacial score (nSPS) is 19.2. The molecule has 2 amide bonds. The van der Waals surface area contributed by atoms with Crippen LogP contribution in [0, 0.1) is 17.2 Å². The summed E-state index contributed by atoms with van der Waals surface area (Å²) in [5, 5.41) is 21.9. The van der Waals surface area contributed by atoms with Gasteiger partial charge in [0.25, 0.3) is 5.91 Å². The number of benzene rings is 1. The van der Waals surface area contributed by atoms with E-state index in [0.717, 1.165) is 22.3 Å². The molecule has 2 aliphatic rings. The molecule has 3 aromatic rings. The van der Waals surface area contributed by atoms with Crippen LogP contribution in [0.15, 0.2) is 36.0 Å². The maximum Gasteiger partial charge on any atom is 0.255 e. The SMILES string of the molecule is CC.CC(C)Nc1cc(Nc2ccc3ncsc3c2)ncc1C(=O)N[C@H]1CC[C@H](C(=O)NC2(C#N)CC2)C1. The van der Waals surface area contributed by atoms with Gasteiger partial charge in [0, 0.05) is 36.0 Å². The first kappa shape index (κ1) is 27.3. The average Bonchev–Trinajstić information content (AvgIpc) is 3.27. The van der Waals surface area contributed by atoms with Crippen LogP contribution in [-0.2, 0) is 4.79 Å². The summed E-state index contributed by atoms with van der Waals surface area (Å²) in [6, 6.07) is 10.0. The first-order valence-electron chi connectivity index (χ1n) is 13.3. The van der Waals surface area contributed by atoms with E-state index in [1.807, 2.05) is 57.5 Å². The second kappa shape index (κ2) is 11.8. The van der Waals surface area contributed by atoms with Crippen molar-refractivity contribution in [2.75, 3.05) is 10.6 Å². The Balaban J connectivity index is 0.00000164. The minimum atomic E-state index is -0.663. The maximum atomic E-state index is 13.2. The number of amides is 2. The highest BCUT2D eigenvalue weighted by Gasteiger charge is 2.46. The van der Waals surface area contributed by atoms with E-state index in [2.05, 4.69) is 37.3 Å². The van der Waals surface area contributed by atoms with Crippen molar-refractivity contribution in [2.24, 2.45) is 5.92 Å². The van der Waals surface area contributed by atoms with Crippen LogP contribution in [0.5, 0.6) is 0 Å². The molecule has 0 spiro atoms. The van der Waals surface area contributed by atoms with Crippen molar-refractivity contribution < 1.29 is 9.59 Å². The monoisotopic (exact) mass is 533 g/mol. The number of fused-ring (bicyclic) bond motifs is 1. The molecule has 200 valence electrons. The highest BCUT2D eigenvalue weighted by molar-refractivity contribution is 7.16. The molecule has 0 radical (unpaired) electrons. The number of hydrogen-bond acceptors (Lipinski definition) is 8. The quantitative estimate of drug-likeness (QED) is 0.307. The van der Waals surface area contributed by atoms with Crippen LogP contribution < -0.4 is 21.3 Å². The van der Waals surface area contributed by atoms with Crippen LogP contribution >= 0.6 is 11.3 Å². The number of rotatable bonds is 8. The number of nitriles is 1. The smallest absolute Gasteiger partial charge is 0.255 e. The summed E-state index contributed by atoms with van der Waals surface area (Å²) in [6.07, 6.45) is 5.00. The lowest BCUT2D eigenvalue weighted by atomic mass is 10.1. The molecular weight excluding hydrogens is 498 g/mol. The van der Waals surface area contributed by atoms with Crippen LogP contribution in [0.2, 0.25) is 0 Å². The number of nitrogens with one attached hydrogen (secondary N) is 4. The predicted molar refractivity (Wildman–Crippen MR) is 152 cm³/mol. The first-order valence-corrected chi connectivity index (χ1v) is 14.1. The van der Waals surface area contributed by atoms with Crippen molar-refractivity contribution >= 4 is 50.6 Å². The Morgan fingerprint density at radius 3 is 2.66 bits per heavy atom. The summed E-state index contributed by atoms with van der Waals surface area (Å²) in [6.45, 7) is 8.03. The second-order valence-corrected chi connectivity index (χ2v) is 10.8.